The number of hydrogen-bond donors (Lipinski definition) is 1. The molecule has 0 aliphatic carbocycles. The van der Waals surface area contributed by atoms with Crippen LogP contribution in [0.15, 0.2) is 24.5 Å². The Morgan fingerprint density at radius 1 is 1.62 bits per heavy atom. The number of aromatic nitrogens is 1. The van der Waals surface area contributed by atoms with Crippen molar-refractivity contribution in [1.29, 1.82) is 0 Å². The van der Waals surface area contributed by atoms with E-state index in [1.807, 2.05) is 0 Å². The van der Waals surface area contributed by atoms with Gasteiger partial charge in [0.1, 0.15) is 0 Å². The monoisotopic (exact) mass is 198 g/mol. The Morgan fingerprint density at radius 2 is 2.46 bits per heavy atom. The van der Waals surface area contributed by atoms with Gasteiger partial charge in [-0.15, -0.1) is 11.6 Å². The lowest BCUT2D eigenvalue weighted by atomic mass is 10.2. The van der Waals surface area contributed by atoms with Gasteiger partial charge in [0.05, 0.1) is 5.56 Å². The van der Waals surface area contributed by atoms with E-state index in [0.29, 0.717) is 18.0 Å². The Labute approximate surface area is 82.1 Å². The molecule has 70 valence electrons. The van der Waals surface area contributed by atoms with Crippen LogP contribution in [0.1, 0.15) is 16.8 Å². The van der Waals surface area contributed by atoms with E-state index in [2.05, 4.69) is 10.3 Å². The summed E-state index contributed by atoms with van der Waals surface area (Å²) in [6.45, 7) is 0.608. The second-order valence-electron chi connectivity index (χ2n) is 2.54. The first kappa shape index (κ1) is 9.99. The molecule has 0 saturated carbocycles. The van der Waals surface area contributed by atoms with Crippen LogP contribution in [0.3, 0.4) is 0 Å². The second kappa shape index (κ2) is 5.54. The number of nitrogens with one attached hydrogen (secondary N) is 1. The number of pyridine rings is 1. The van der Waals surface area contributed by atoms with Crippen molar-refractivity contribution in [2.45, 2.75) is 6.42 Å². The summed E-state index contributed by atoms with van der Waals surface area (Å²) in [5, 5.41) is 2.74. The van der Waals surface area contributed by atoms with E-state index >= 15 is 0 Å². The summed E-state index contributed by atoms with van der Waals surface area (Å²) in [6.07, 6.45) is 3.96. The molecular weight excluding hydrogens is 188 g/mol. The highest BCUT2D eigenvalue weighted by Gasteiger charge is 2.02. The van der Waals surface area contributed by atoms with Gasteiger partial charge in [-0.3, -0.25) is 9.78 Å². The highest BCUT2D eigenvalue weighted by atomic mass is 35.5. The fraction of sp³-hybridized carbons (Fsp3) is 0.333. The summed E-state index contributed by atoms with van der Waals surface area (Å²) >= 11 is 5.47. The topological polar surface area (TPSA) is 42.0 Å². The fourth-order valence-electron chi connectivity index (χ4n) is 0.868. The van der Waals surface area contributed by atoms with Crippen LogP contribution in [0.25, 0.3) is 0 Å². The normalized spacial score (nSPS) is 9.62. The van der Waals surface area contributed by atoms with E-state index in [-0.39, 0.29) is 5.91 Å². The molecule has 0 aromatic carbocycles. The van der Waals surface area contributed by atoms with Crippen molar-refractivity contribution in [3.63, 3.8) is 0 Å². The summed E-state index contributed by atoms with van der Waals surface area (Å²) in [6, 6.07) is 3.46. The lowest BCUT2D eigenvalue weighted by Crippen LogP contribution is -2.24. The minimum absolute atomic E-state index is 0.0989. The van der Waals surface area contributed by atoms with Crippen LogP contribution in [0.2, 0.25) is 0 Å². The molecule has 0 fully saturated rings. The van der Waals surface area contributed by atoms with E-state index in [4.69, 9.17) is 11.6 Å². The van der Waals surface area contributed by atoms with Crippen LogP contribution in [0.4, 0.5) is 0 Å². The van der Waals surface area contributed by atoms with Crippen molar-refractivity contribution < 1.29 is 4.79 Å². The Kier molecular flexibility index (Phi) is 4.26. The molecule has 1 N–H and O–H groups in total. The maximum Gasteiger partial charge on any atom is 0.252 e. The van der Waals surface area contributed by atoms with Gasteiger partial charge in [0, 0.05) is 24.8 Å². The maximum atomic E-state index is 11.3. The number of nitrogens with zero attached hydrogens (tertiary/aromatic N) is 1. The zero-order chi connectivity index (χ0) is 9.52. The zero-order valence-electron chi connectivity index (χ0n) is 7.16. The number of rotatable bonds is 4. The molecule has 1 aromatic heterocycles. The molecule has 13 heavy (non-hydrogen) atoms. The molecule has 0 aliphatic heterocycles. The van der Waals surface area contributed by atoms with Crippen molar-refractivity contribution >= 4 is 17.5 Å². The quantitative estimate of drug-likeness (QED) is 0.588. The Balaban J connectivity index is 2.40. The molecular formula is C9H11ClN2O. The molecule has 1 amide bonds. The molecule has 1 rings (SSSR count). The van der Waals surface area contributed by atoms with Crippen LogP contribution in [0, 0.1) is 0 Å². The van der Waals surface area contributed by atoms with Gasteiger partial charge < -0.3 is 5.32 Å². The molecule has 0 saturated heterocycles. The second-order valence-corrected chi connectivity index (χ2v) is 2.92. The summed E-state index contributed by atoms with van der Waals surface area (Å²) in [5.41, 5.74) is 0.581. The van der Waals surface area contributed by atoms with E-state index in [1.165, 1.54) is 6.20 Å². The first-order valence-electron chi connectivity index (χ1n) is 4.09. The lowest BCUT2D eigenvalue weighted by molar-refractivity contribution is 0.0953. The van der Waals surface area contributed by atoms with Crippen molar-refractivity contribution in [3.05, 3.63) is 30.1 Å². The highest BCUT2D eigenvalue weighted by Crippen LogP contribution is 1.94. The molecule has 0 atom stereocenters. The summed E-state index contributed by atoms with van der Waals surface area (Å²) < 4.78 is 0. The van der Waals surface area contributed by atoms with Crippen LogP contribution in [-0.4, -0.2) is 23.3 Å². The van der Waals surface area contributed by atoms with Gasteiger partial charge in [0.2, 0.25) is 0 Å². The van der Waals surface area contributed by atoms with Crippen LogP contribution < -0.4 is 5.32 Å². The van der Waals surface area contributed by atoms with Crippen LogP contribution >= 0.6 is 11.6 Å². The zero-order valence-corrected chi connectivity index (χ0v) is 7.92. The average molecular weight is 199 g/mol. The molecule has 0 spiro atoms. The first-order chi connectivity index (χ1) is 6.34. The van der Waals surface area contributed by atoms with E-state index < -0.39 is 0 Å². The Morgan fingerprint density at radius 3 is 3.08 bits per heavy atom. The number of amides is 1. The van der Waals surface area contributed by atoms with Crippen molar-refractivity contribution in [2.75, 3.05) is 12.4 Å². The summed E-state index contributed by atoms with van der Waals surface area (Å²) in [5.74, 6) is 0.464. The van der Waals surface area contributed by atoms with E-state index in [9.17, 15) is 4.79 Å². The average Bonchev–Trinajstić information content (AvgIpc) is 2.19. The van der Waals surface area contributed by atoms with Gasteiger partial charge in [-0.05, 0) is 18.6 Å². The SMILES string of the molecule is O=C(NCCCCl)c1cccnc1. The third-order valence-electron chi connectivity index (χ3n) is 1.52. The summed E-state index contributed by atoms with van der Waals surface area (Å²) in [4.78, 5) is 15.2. The van der Waals surface area contributed by atoms with Crippen molar-refractivity contribution in [1.82, 2.24) is 10.3 Å². The third kappa shape index (κ3) is 3.42. The maximum absolute atomic E-state index is 11.3. The van der Waals surface area contributed by atoms with Gasteiger partial charge in [-0.25, -0.2) is 0 Å². The predicted octanol–water partition coefficient (Wildman–Crippen LogP) is 1.44. The molecule has 0 aliphatic rings. The molecule has 1 heterocycles. The highest BCUT2D eigenvalue weighted by molar-refractivity contribution is 6.17. The number of alkyl halides is 1. The Bertz CT molecular complexity index is 264. The first-order valence-corrected chi connectivity index (χ1v) is 4.62. The standard InChI is InChI=1S/C9H11ClN2O/c10-4-2-6-12-9(13)8-3-1-5-11-7-8/h1,3,5,7H,2,4,6H2,(H,12,13). The predicted molar refractivity (Wildman–Crippen MR) is 51.9 cm³/mol. The van der Waals surface area contributed by atoms with Crippen molar-refractivity contribution in [2.24, 2.45) is 0 Å². The number of halogens is 1. The van der Waals surface area contributed by atoms with Crippen molar-refractivity contribution in [3.8, 4) is 0 Å². The lowest BCUT2D eigenvalue weighted by Gasteiger charge is -2.02. The summed E-state index contributed by atoms with van der Waals surface area (Å²) in [7, 11) is 0. The van der Waals surface area contributed by atoms with Crippen LogP contribution in [0.5, 0.6) is 0 Å². The number of carbonyl (C=O) groups excluding carboxylic acids is 1. The molecule has 0 radical (unpaired) electrons. The van der Waals surface area contributed by atoms with Gasteiger partial charge in [0.15, 0.2) is 0 Å². The number of hydrogen-bond acceptors (Lipinski definition) is 2. The van der Waals surface area contributed by atoms with Gasteiger partial charge in [0.25, 0.3) is 5.91 Å². The van der Waals surface area contributed by atoms with Gasteiger partial charge >= 0.3 is 0 Å². The van der Waals surface area contributed by atoms with E-state index in [1.54, 1.807) is 18.3 Å². The van der Waals surface area contributed by atoms with Gasteiger partial charge in [-0.1, -0.05) is 0 Å². The largest absolute Gasteiger partial charge is 0.352 e. The third-order valence-corrected chi connectivity index (χ3v) is 1.79. The number of carbonyl (C=O) groups is 1. The minimum Gasteiger partial charge on any atom is -0.352 e. The molecule has 0 unspecified atom stereocenters. The van der Waals surface area contributed by atoms with E-state index in [0.717, 1.165) is 6.42 Å². The molecule has 0 bridgehead atoms. The Hall–Kier alpha value is -1.09. The molecule has 1 aromatic rings. The minimum atomic E-state index is -0.0989. The molecule has 3 nitrogen and oxygen atoms in total. The smallest absolute Gasteiger partial charge is 0.252 e. The molecule has 4 heteroatoms. The van der Waals surface area contributed by atoms with Crippen LogP contribution in [-0.2, 0) is 0 Å². The van der Waals surface area contributed by atoms with Gasteiger partial charge in [-0.2, -0.15) is 0 Å². The fourth-order valence-corrected chi connectivity index (χ4v) is 1.00.